The van der Waals surface area contributed by atoms with Crippen LogP contribution in [0.4, 0.5) is 11.5 Å². The predicted octanol–water partition coefficient (Wildman–Crippen LogP) is 4.17. The average molecular weight is 500 g/mol. The molecule has 3 N–H and O–H groups in total. The van der Waals surface area contributed by atoms with Crippen molar-refractivity contribution in [3.8, 4) is 11.5 Å². The molecular formula is C27H25N5O5. The zero-order valence-electron chi connectivity index (χ0n) is 20.1. The lowest BCUT2D eigenvalue weighted by atomic mass is 10.0. The first-order valence-electron chi connectivity index (χ1n) is 11.9. The van der Waals surface area contributed by atoms with Gasteiger partial charge in [0.25, 0.3) is 11.5 Å². The van der Waals surface area contributed by atoms with E-state index >= 15 is 0 Å². The average Bonchev–Trinajstić information content (AvgIpc) is 3.62. The number of amides is 1. The molecule has 0 atom stereocenters. The molecule has 10 heteroatoms. The van der Waals surface area contributed by atoms with Crippen LogP contribution in [0.25, 0.3) is 22.4 Å². The van der Waals surface area contributed by atoms with Gasteiger partial charge >= 0.3 is 5.69 Å². The molecule has 10 nitrogen and oxygen atoms in total. The summed E-state index contributed by atoms with van der Waals surface area (Å²) in [7, 11) is 0. The fraction of sp³-hybridized carbons (Fsp3) is 0.185. The predicted molar refractivity (Wildman–Crippen MR) is 139 cm³/mol. The largest absolute Gasteiger partial charge is 0.467 e. The van der Waals surface area contributed by atoms with Crippen molar-refractivity contribution >= 4 is 28.3 Å². The first-order valence-corrected chi connectivity index (χ1v) is 11.9. The minimum atomic E-state index is -0.764. The highest BCUT2D eigenvalue weighted by Crippen LogP contribution is 2.29. The summed E-state index contributed by atoms with van der Waals surface area (Å²) in [6.45, 7) is 2.19. The molecule has 5 rings (SSSR count). The van der Waals surface area contributed by atoms with E-state index in [9.17, 15) is 14.4 Å². The molecule has 0 spiro atoms. The number of nitrogen functional groups attached to an aromatic ring is 1. The van der Waals surface area contributed by atoms with Crippen molar-refractivity contribution in [3.05, 3.63) is 99.3 Å². The Morgan fingerprint density at radius 3 is 2.59 bits per heavy atom. The van der Waals surface area contributed by atoms with Crippen LogP contribution in [0, 0.1) is 0 Å². The van der Waals surface area contributed by atoms with Crippen LogP contribution in [0.1, 0.15) is 35.9 Å². The highest BCUT2D eigenvalue weighted by atomic mass is 16.3. The summed E-state index contributed by atoms with van der Waals surface area (Å²) >= 11 is 0. The second-order valence-corrected chi connectivity index (χ2v) is 8.52. The monoisotopic (exact) mass is 499 g/mol. The Morgan fingerprint density at radius 1 is 1.08 bits per heavy atom. The fourth-order valence-electron chi connectivity index (χ4n) is 4.24. The molecule has 0 saturated carbocycles. The highest BCUT2D eigenvalue weighted by molar-refractivity contribution is 6.14. The maximum atomic E-state index is 14.3. The van der Waals surface area contributed by atoms with Crippen LogP contribution in [-0.2, 0) is 13.1 Å². The molecule has 37 heavy (non-hydrogen) atoms. The zero-order valence-corrected chi connectivity index (χ0v) is 20.1. The number of carbonyl (C=O) groups is 1. The number of unbranched alkanes of at least 4 members (excludes halogenated alkanes) is 1. The molecule has 0 aliphatic carbocycles. The Balaban J connectivity index is 1.72. The summed E-state index contributed by atoms with van der Waals surface area (Å²) in [4.78, 5) is 48.1. The molecule has 188 valence electrons. The number of hydrogen-bond acceptors (Lipinski definition) is 7. The van der Waals surface area contributed by atoms with Gasteiger partial charge in [0.15, 0.2) is 11.4 Å². The third-order valence-electron chi connectivity index (χ3n) is 6.08. The van der Waals surface area contributed by atoms with Gasteiger partial charge in [0.1, 0.15) is 17.3 Å². The summed E-state index contributed by atoms with van der Waals surface area (Å²) in [6, 6.07) is 15.7. The van der Waals surface area contributed by atoms with E-state index in [0.717, 1.165) is 6.42 Å². The second-order valence-electron chi connectivity index (χ2n) is 8.52. The van der Waals surface area contributed by atoms with Crippen molar-refractivity contribution in [2.24, 2.45) is 0 Å². The van der Waals surface area contributed by atoms with Gasteiger partial charge in [0.05, 0.1) is 30.2 Å². The molecule has 0 unspecified atom stereocenters. The number of aromatic amines is 1. The van der Waals surface area contributed by atoms with Crippen molar-refractivity contribution < 1.29 is 13.6 Å². The molecule has 0 fully saturated rings. The van der Waals surface area contributed by atoms with Crippen LogP contribution >= 0.6 is 0 Å². The minimum absolute atomic E-state index is 0.0855. The van der Waals surface area contributed by atoms with Crippen LogP contribution < -0.4 is 21.9 Å². The quantitative estimate of drug-likeness (QED) is 0.326. The third kappa shape index (κ3) is 4.56. The van der Waals surface area contributed by atoms with Crippen molar-refractivity contribution in [1.82, 2.24) is 14.5 Å². The first kappa shape index (κ1) is 23.9. The minimum Gasteiger partial charge on any atom is -0.467 e. The Kier molecular flexibility index (Phi) is 6.46. The smallest absolute Gasteiger partial charge is 0.330 e. The Hall–Kier alpha value is -4.86. The van der Waals surface area contributed by atoms with Gasteiger partial charge in [0.2, 0.25) is 0 Å². The van der Waals surface area contributed by atoms with Gasteiger partial charge < -0.3 is 14.6 Å². The number of furan rings is 2. The van der Waals surface area contributed by atoms with Gasteiger partial charge in [-0.1, -0.05) is 31.5 Å². The Labute approximate surface area is 211 Å². The van der Waals surface area contributed by atoms with E-state index in [1.807, 2.05) is 13.0 Å². The van der Waals surface area contributed by atoms with E-state index in [4.69, 9.17) is 14.6 Å². The molecule has 0 bridgehead atoms. The molecule has 0 aliphatic heterocycles. The normalized spacial score (nSPS) is 11.2. The number of carbonyl (C=O) groups excluding carboxylic acids is 1. The van der Waals surface area contributed by atoms with Gasteiger partial charge in [-0.05, 0) is 42.8 Å². The van der Waals surface area contributed by atoms with Crippen LogP contribution in [0.2, 0.25) is 0 Å². The topological polar surface area (TPSA) is 140 Å². The maximum Gasteiger partial charge on any atom is 0.330 e. The molecule has 4 aromatic heterocycles. The summed E-state index contributed by atoms with van der Waals surface area (Å²) in [6.07, 6.45) is 4.48. The lowest BCUT2D eigenvalue weighted by Gasteiger charge is -2.24. The number of nitrogens with zero attached hydrogens (tertiary/aromatic N) is 3. The molecule has 4 heterocycles. The zero-order chi connectivity index (χ0) is 25.9. The number of hydrogen-bond donors (Lipinski definition) is 2. The number of nitrogens with one attached hydrogen (secondary N) is 1. The number of pyridine rings is 1. The van der Waals surface area contributed by atoms with Crippen LogP contribution in [-0.4, -0.2) is 20.4 Å². The van der Waals surface area contributed by atoms with Gasteiger partial charge in [-0.25, -0.2) is 9.78 Å². The van der Waals surface area contributed by atoms with Crippen LogP contribution in [0.5, 0.6) is 0 Å². The van der Waals surface area contributed by atoms with Crippen molar-refractivity contribution in [2.45, 2.75) is 32.9 Å². The first-order chi connectivity index (χ1) is 18.0. The molecule has 1 amide bonds. The van der Waals surface area contributed by atoms with E-state index in [0.29, 0.717) is 41.1 Å². The van der Waals surface area contributed by atoms with Gasteiger partial charge in [0, 0.05) is 11.9 Å². The summed E-state index contributed by atoms with van der Waals surface area (Å²) in [5.74, 6) is 0.318. The van der Waals surface area contributed by atoms with E-state index in [2.05, 4.69) is 9.97 Å². The molecule has 0 saturated heterocycles. The Bertz CT molecular complexity index is 1670. The number of rotatable bonds is 8. The van der Waals surface area contributed by atoms with Crippen LogP contribution in [0.15, 0.2) is 85.5 Å². The van der Waals surface area contributed by atoms with Gasteiger partial charge in [-0.15, -0.1) is 0 Å². The number of para-hydroxylation sites is 1. The van der Waals surface area contributed by atoms with E-state index in [1.54, 1.807) is 48.5 Å². The van der Waals surface area contributed by atoms with Crippen molar-refractivity contribution in [1.29, 1.82) is 0 Å². The standard InChI is InChI=1S/C27H25N5O5/c1-2-3-12-31-24(28)23(25(33)30-27(31)35)32(16-17-8-6-13-36-17)26(34)19-15-21(22-11-7-14-37-22)29-20-10-5-4-9-18(19)20/h4-11,13-15H,2-3,12,16,28H2,1H3,(H,30,33,35). The highest BCUT2D eigenvalue weighted by Gasteiger charge is 2.28. The number of aromatic nitrogens is 3. The van der Waals surface area contributed by atoms with Crippen molar-refractivity contribution in [2.75, 3.05) is 10.6 Å². The Morgan fingerprint density at radius 2 is 1.86 bits per heavy atom. The molecule has 5 aromatic rings. The molecule has 0 aliphatic rings. The lowest BCUT2D eigenvalue weighted by molar-refractivity contribution is 0.0984. The van der Waals surface area contributed by atoms with Gasteiger partial charge in [-0.2, -0.15) is 0 Å². The van der Waals surface area contributed by atoms with E-state index < -0.39 is 17.2 Å². The summed E-state index contributed by atoms with van der Waals surface area (Å²) < 4.78 is 12.3. The number of benzene rings is 1. The fourth-order valence-corrected chi connectivity index (χ4v) is 4.24. The van der Waals surface area contributed by atoms with E-state index in [-0.39, 0.29) is 23.6 Å². The van der Waals surface area contributed by atoms with Crippen LogP contribution in [0.3, 0.4) is 0 Å². The third-order valence-corrected chi connectivity index (χ3v) is 6.08. The number of nitrogens with two attached hydrogens (primary N) is 1. The lowest BCUT2D eigenvalue weighted by Crippen LogP contribution is -2.41. The molecule has 0 radical (unpaired) electrons. The van der Waals surface area contributed by atoms with E-state index in [1.165, 1.54) is 22.0 Å². The number of fused-ring (bicyclic) bond motifs is 1. The van der Waals surface area contributed by atoms with Crippen molar-refractivity contribution in [3.63, 3.8) is 0 Å². The number of anilines is 2. The summed E-state index contributed by atoms with van der Waals surface area (Å²) in [5, 5.41) is 0.585. The molecular weight excluding hydrogens is 474 g/mol. The van der Waals surface area contributed by atoms with Gasteiger partial charge in [-0.3, -0.25) is 24.0 Å². The molecule has 1 aromatic carbocycles. The summed E-state index contributed by atoms with van der Waals surface area (Å²) in [5.41, 5.74) is 6.19. The number of H-pyrrole nitrogens is 1. The SMILES string of the molecule is CCCCn1c(N)c(N(Cc2ccco2)C(=O)c2cc(-c3ccco3)nc3ccccc23)c(=O)[nH]c1=O. The maximum absolute atomic E-state index is 14.3. The second kappa shape index (κ2) is 10.0.